The van der Waals surface area contributed by atoms with Gasteiger partial charge in [0.05, 0.1) is 0 Å². The molecule has 2 aromatic rings. The highest BCUT2D eigenvalue weighted by Crippen LogP contribution is 2.18. The normalized spacial score (nSPS) is 19.1. The summed E-state index contributed by atoms with van der Waals surface area (Å²) in [5.41, 5.74) is 3.23. The quantitative estimate of drug-likeness (QED) is 0.882. The highest BCUT2D eigenvalue weighted by Gasteiger charge is 2.20. The number of nitrogens with zero attached hydrogens (tertiary/aromatic N) is 2. The standard InChI is InChI=1S/C13H14ClN3O3/c14-12-11(17-7-3-1-5-9(17)15-12)13(18)16-20-10-6-2-4-8-19-10/h1,3,5,7,10H,2,4,6,8H2,(H,16,18). The van der Waals surface area contributed by atoms with E-state index in [-0.39, 0.29) is 10.8 Å². The molecular weight excluding hydrogens is 282 g/mol. The van der Waals surface area contributed by atoms with Gasteiger partial charge in [0.2, 0.25) is 0 Å². The number of halogens is 1. The molecule has 1 N–H and O–H groups in total. The molecule has 3 heterocycles. The molecule has 0 aliphatic carbocycles. The number of carbonyl (C=O) groups is 1. The Morgan fingerprint density at radius 2 is 2.40 bits per heavy atom. The number of ether oxygens (including phenoxy) is 1. The predicted molar refractivity (Wildman–Crippen MR) is 72.3 cm³/mol. The minimum absolute atomic E-state index is 0.141. The van der Waals surface area contributed by atoms with Gasteiger partial charge >= 0.3 is 0 Å². The molecule has 1 amide bonds. The summed E-state index contributed by atoms with van der Waals surface area (Å²) in [4.78, 5) is 21.5. The second-order valence-corrected chi connectivity index (χ2v) is 4.88. The topological polar surface area (TPSA) is 64.9 Å². The van der Waals surface area contributed by atoms with Crippen LogP contribution in [0.1, 0.15) is 29.8 Å². The number of imidazole rings is 1. The fraction of sp³-hybridized carbons (Fsp3) is 0.385. The maximum Gasteiger partial charge on any atom is 0.295 e. The van der Waals surface area contributed by atoms with Gasteiger partial charge < -0.3 is 4.74 Å². The zero-order chi connectivity index (χ0) is 13.9. The van der Waals surface area contributed by atoms with Gasteiger partial charge in [0, 0.05) is 19.2 Å². The molecule has 7 heteroatoms. The van der Waals surface area contributed by atoms with E-state index in [9.17, 15) is 4.79 Å². The monoisotopic (exact) mass is 295 g/mol. The molecule has 1 atom stereocenters. The van der Waals surface area contributed by atoms with Crippen LogP contribution >= 0.6 is 11.6 Å². The Morgan fingerprint density at radius 1 is 1.50 bits per heavy atom. The number of rotatable bonds is 3. The summed E-state index contributed by atoms with van der Waals surface area (Å²) >= 11 is 6.00. The minimum Gasteiger partial charge on any atom is -0.350 e. The lowest BCUT2D eigenvalue weighted by Crippen LogP contribution is -2.33. The molecule has 106 valence electrons. The molecule has 1 fully saturated rings. The van der Waals surface area contributed by atoms with Crippen LogP contribution in [0.5, 0.6) is 0 Å². The van der Waals surface area contributed by atoms with Crippen LogP contribution < -0.4 is 5.48 Å². The van der Waals surface area contributed by atoms with Gasteiger partial charge in [-0.05, 0) is 25.0 Å². The second-order valence-electron chi connectivity index (χ2n) is 4.53. The SMILES string of the molecule is O=C(NOC1CCCCO1)c1c(Cl)nc2ccccn12. The van der Waals surface area contributed by atoms with Crippen molar-refractivity contribution in [3.8, 4) is 0 Å². The predicted octanol–water partition coefficient (Wildman–Crippen LogP) is 2.18. The number of fused-ring (bicyclic) bond motifs is 1. The second kappa shape index (κ2) is 5.78. The first-order valence-corrected chi connectivity index (χ1v) is 6.83. The van der Waals surface area contributed by atoms with Crippen molar-refractivity contribution < 1.29 is 14.4 Å². The Hall–Kier alpha value is -1.63. The van der Waals surface area contributed by atoms with Crippen molar-refractivity contribution in [3.05, 3.63) is 35.2 Å². The van der Waals surface area contributed by atoms with Gasteiger partial charge in [-0.3, -0.25) is 9.20 Å². The van der Waals surface area contributed by atoms with Crippen LogP contribution in [0.2, 0.25) is 5.15 Å². The van der Waals surface area contributed by atoms with E-state index in [0.29, 0.717) is 12.3 Å². The molecule has 0 aromatic carbocycles. The van der Waals surface area contributed by atoms with Gasteiger partial charge in [0.15, 0.2) is 17.1 Å². The molecule has 1 aliphatic heterocycles. The third kappa shape index (κ3) is 2.63. The van der Waals surface area contributed by atoms with Crippen LogP contribution in [0.25, 0.3) is 5.65 Å². The van der Waals surface area contributed by atoms with Crippen LogP contribution in [-0.2, 0) is 9.57 Å². The summed E-state index contributed by atoms with van der Waals surface area (Å²) < 4.78 is 6.98. The molecule has 0 radical (unpaired) electrons. The van der Waals surface area contributed by atoms with Crippen molar-refractivity contribution in [2.75, 3.05) is 6.61 Å². The van der Waals surface area contributed by atoms with Gasteiger partial charge in [-0.2, -0.15) is 0 Å². The summed E-state index contributed by atoms with van der Waals surface area (Å²) in [5.74, 6) is -0.442. The number of amides is 1. The number of aromatic nitrogens is 2. The summed E-state index contributed by atoms with van der Waals surface area (Å²) in [6, 6.07) is 5.40. The largest absolute Gasteiger partial charge is 0.350 e. The number of hydroxylamine groups is 1. The fourth-order valence-electron chi connectivity index (χ4n) is 2.14. The fourth-order valence-corrected chi connectivity index (χ4v) is 2.41. The highest BCUT2D eigenvalue weighted by molar-refractivity contribution is 6.32. The van der Waals surface area contributed by atoms with Gasteiger partial charge in [-0.15, -0.1) is 0 Å². The average Bonchev–Trinajstić information content (AvgIpc) is 2.82. The van der Waals surface area contributed by atoms with E-state index in [2.05, 4.69) is 10.5 Å². The first-order valence-electron chi connectivity index (χ1n) is 6.46. The molecule has 3 rings (SSSR count). The van der Waals surface area contributed by atoms with E-state index in [1.807, 2.05) is 6.07 Å². The van der Waals surface area contributed by atoms with E-state index < -0.39 is 12.2 Å². The first-order chi connectivity index (χ1) is 9.75. The average molecular weight is 296 g/mol. The van der Waals surface area contributed by atoms with Crippen molar-refractivity contribution in [1.82, 2.24) is 14.9 Å². The molecule has 0 spiro atoms. The van der Waals surface area contributed by atoms with E-state index >= 15 is 0 Å². The minimum atomic E-state index is -0.442. The lowest BCUT2D eigenvalue weighted by Gasteiger charge is -2.22. The molecule has 2 aromatic heterocycles. The maximum absolute atomic E-state index is 12.1. The Morgan fingerprint density at radius 3 is 3.20 bits per heavy atom. The molecule has 20 heavy (non-hydrogen) atoms. The van der Waals surface area contributed by atoms with E-state index in [0.717, 1.165) is 19.3 Å². The molecule has 0 saturated carbocycles. The molecule has 1 saturated heterocycles. The van der Waals surface area contributed by atoms with Crippen LogP contribution in [0.4, 0.5) is 0 Å². The Bertz CT molecular complexity index is 622. The summed E-state index contributed by atoms with van der Waals surface area (Å²) in [6.07, 6.45) is 4.14. The number of hydrogen-bond donors (Lipinski definition) is 1. The third-order valence-corrected chi connectivity index (χ3v) is 3.39. The summed E-state index contributed by atoms with van der Waals surface area (Å²) in [5, 5.41) is 0.141. The van der Waals surface area contributed by atoms with Crippen LogP contribution in [-0.4, -0.2) is 28.2 Å². The molecule has 1 unspecified atom stereocenters. The summed E-state index contributed by atoms with van der Waals surface area (Å²) in [7, 11) is 0. The molecule has 0 bridgehead atoms. The van der Waals surface area contributed by atoms with Gasteiger partial charge in [0.25, 0.3) is 5.91 Å². The van der Waals surface area contributed by atoms with Crippen molar-refractivity contribution in [3.63, 3.8) is 0 Å². The maximum atomic E-state index is 12.1. The third-order valence-electron chi connectivity index (χ3n) is 3.12. The van der Waals surface area contributed by atoms with Gasteiger partial charge in [-0.1, -0.05) is 17.7 Å². The van der Waals surface area contributed by atoms with E-state index in [1.54, 1.807) is 22.7 Å². The highest BCUT2D eigenvalue weighted by atomic mass is 35.5. The zero-order valence-electron chi connectivity index (χ0n) is 10.7. The number of hydrogen-bond acceptors (Lipinski definition) is 4. The molecule has 6 nitrogen and oxygen atoms in total. The Kier molecular flexibility index (Phi) is 3.86. The van der Waals surface area contributed by atoms with E-state index in [4.69, 9.17) is 21.2 Å². The van der Waals surface area contributed by atoms with Crippen molar-refractivity contribution in [2.24, 2.45) is 0 Å². The first kappa shape index (κ1) is 13.4. The van der Waals surface area contributed by atoms with Crippen LogP contribution in [0, 0.1) is 0 Å². The Labute approximate surface area is 120 Å². The van der Waals surface area contributed by atoms with Crippen LogP contribution in [0.15, 0.2) is 24.4 Å². The molecule has 1 aliphatic rings. The van der Waals surface area contributed by atoms with E-state index in [1.165, 1.54) is 0 Å². The lowest BCUT2D eigenvalue weighted by molar-refractivity contribution is -0.186. The van der Waals surface area contributed by atoms with Gasteiger partial charge in [-0.25, -0.2) is 15.3 Å². The number of nitrogens with one attached hydrogen (secondary N) is 1. The number of carbonyl (C=O) groups excluding carboxylic acids is 1. The lowest BCUT2D eigenvalue weighted by atomic mass is 10.2. The van der Waals surface area contributed by atoms with Crippen molar-refractivity contribution >= 4 is 23.2 Å². The zero-order valence-corrected chi connectivity index (χ0v) is 11.5. The molecular formula is C13H14ClN3O3. The van der Waals surface area contributed by atoms with Crippen molar-refractivity contribution in [2.45, 2.75) is 25.6 Å². The van der Waals surface area contributed by atoms with Gasteiger partial charge in [0.1, 0.15) is 5.65 Å². The smallest absolute Gasteiger partial charge is 0.295 e. The van der Waals surface area contributed by atoms with Crippen molar-refractivity contribution in [1.29, 1.82) is 0 Å². The Balaban J connectivity index is 1.73. The number of pyridine rings is 1. The summed E-state index contributed by atoms with van der Waals surface area (Å²) in [6.45, 7) is 0.650. The van der Waals surface area contributed by atoms with Crippen LogP contribution in [0.3, 0.4) is 0 Å².